The molecule has 0 aromatic rings. The molecule has 16 heavy (non-hydrogen) atoms. The Morgan fingerprint density at radius 1 is 1.19 bits per heavy atom. The Morgan fingerprint density at radius 3 is 2.06 bits per heavy atom. The van der Waals surface area contributed by atoms with Crippen molar-refractivity contribution in [2.45, 2.75) is 41.0 Å². The molecule has 0 atom stereocenters. The van der Waals surface area contributed by atoms with Crippen LogP contribution in [0.5, 0.6) is 0 Å². The minimum absolute atomic E-state index is 0.161. The Bertz CT molecular complexity index is 255. The minimum atomic E-state index is 0.161. The van der Waals surface area contributed by atoms with Crippen LogP contribution in [0.25, 0.3) is 0 Å². The van der Waals surface area contributed by atoms with Gasteiger partial charge in [0.1, 0.15) is 0 Å². The molecule has 1 heterocycles. The van der Waals surface area contributed by atoms with Gasteiger partial charge < -0.3 is 10.6 Å². The molecule has 0 aromatic heterocycles. The van der Waals surface area contributed by atoms with Crippen LogP contribution in [0.15, 0.2) is 23.4 Å². The Balaban J connectivity index is 0. The van der Waals surface area contributed by atoms with Crippen LogP contribution in [0.4, 0.5) is 0 Å². The highest BCUT2D eigenvalue weighted by Gasteiger charge is 2.20. The number of nitrogens with two attached hydrogens (primary N) is 1. The Morgan fingerprint density at radius 2 is 1.69 bits per heavy atom. The van der Waals surface area contributed by atoms with Gasteiger partial charge in [-0.05, 0) is 24.3 Å². The Labute approximate surface area is 100 Å². The molecule has 1 aliphatic heterocycles. The summed E-state index contributed by atoms with van der Waals surface area (Å²) in [6, 6.07) is 0. The number of likely N-dealkylation sites (tertiary alicyclic amines) is 1. The van der Waals surface area contributed by atoms with Gasteiger partial charge in [0, 0.05) is 13.6 Å². The summed E-state index contributed by atoms with van der Waals surface area (Å²) in [6.07, 6.45) is 4.01. The first kappa shape index (κ1) is 17.2. The monoisotopic (exact) mass is 226 g/mol. The molecule has 0 saturated carbocycles. The molecule has 0 spiro atoms. The molecule has 1 amide bonds. The number of piperidine rings is 1. The number of rotatable bonds is 0. The zero-order valence-corrected chi connectivity index (χ0v) is 11.5. The molecule has 3 nitrogen and oxygen atoms in total. The second-order valence-electron chi connectivity index (χ2n) is 2.93. The van der Waals surface area contributed by atoms with Crippen LogP contribution in [0, 0.1) is 0 Å². The number of allylic oxidation sites excluding steroid dienone is 1. The molecular formula is C13H26N2O. The lowest BCUT2D eigenvalue weighted by Gasteiger charge is -2.26. The van der Waals surface area contributed by atoms with Crippen molar-refractivity contribution >= 4 is 5.91 Å². The van der Waals surface area contributed by atoms with Crippen LogP contribution in [-0.4, -0.2) is 24.4 Å². The van der Waals surface area contributed by atoms with E-state index in [0.29, 0.717) is 13.0 Å². The fourth-order valence-corrected chi connectivity index (χ4v) is 1.30. The van der Waals surface area contributed by atoms with Crippen molar-refractivity contribution in [1.29, 1.82) is 0 Å². The molecule has 1 rings (SSSR count). The molecule has 0 aromatic carbocycles. The van der Waals surface area contributed by atoms with E-state index in [1.54, 1.807) is 18.1 Å². The third kappa shape index (κ3) is 5.01. The topological polar surface area (TPSA) is 46.3 Å². The average Bonchev–Trinajstić information content (AvgIpc) is 2.37. The van der Waals surface area contributed by atoms with Crippen molar-refractivity contribution in [1.82, 2.24) is 4.90 Å². The SMILES string of the molecule is C/C=C1/CC(=O)N(C)C/C1=C/N.CC.CC. The molecule has 2 N–H and O–H groups in total. The van der Waals surface area contributed by atoms with Gasteiger partial charge in [-0.1, -0.05) is 33.8 Å². The zero-order valence-electron chi connectivity index (χ0n) is 11.5. The van der Waals surface area contributed by atoms with Gasteiger partial charge in [-0.3, -0.25) is 4.79 Å². The van der Waals surface area contributed by atoms with E-state index in [2.05, 4.69) is 0 Å². The van der Waals surface area contributed by atoms with E-state index in [9.17, 15) is 4.79 Å². The lowest BCUT2D eigenvalue weighted by molar-refractivity contribution is -0.129. The normalized spacial score (nSPS) is 19.9. The standard InChI is InChI=1S/C9H14N2O.2C2H6/c1-3-7-4-9(12)11(2)6-8(7)5-10;2*1-2/h3,5H,4,6,10H2,1-2H3;2*1-2H3/b7-3-,8-5-;;. The predicted molar refractivity (Wildman–Crippen MR) is 71.0 cm³/mol. The van der Waals surface area contributed by atoms with Gasteiger partial charge in [-0.25, -0.2) is 0 Å². The van der Waals surface area contributed by atoms with Crippen molar-refractivity contribution < 1.29 is 4.79 Å². The second kappa shape index (κ2) is 10.3. The summed E-state index contributed by atoms with van der Waals surface area (Å²) in [6.45, 7) is 10.6. The number of likely N-dealkylation sites (N-methyl/N-ethyl adjacent to an activating group) is 1. The average molecular weight is 226 g/mol. The van der Waals surface area contributed by atoms with Gasteiger partial charge in [0.2, 0.25) is 5.91 Å². The van der Waals surface area contributed by atoms with Crippen molar-refractivity contribution in [3.63, 3.8) is 0 Å². The molecule has 3 heteroatoms. The van der Waals surface area contributed by atoms with Gasteiger partial charge in [0.25, 0.3) is 0 Å². The van der Waals surface area contributed by atoms with Crippen LogP contribution in [0.3, 0.4) is 0 Å². The largest absolute Gasteiger partial charge is 0.404 e. The van der Waals surface area contributed by atoms with E-state index < -0.39 is 0 Å². The van der Waals surface area contributed by atoms with Crippen molar-refractivity contribution in [2.75, 3.05) is 13.6 Å². The number of carbonyl (C=O) groups excluding carboxylic acids is 1. The number of carbonyl (C=O) groups is 1. The summed E-state index contributed by atoms with van der Waals surface area (Å²) in [5, 5.41) is 0. The molecule has 0 radical (unpaired) electrons. The Hall–Kier alpha value is -1.25. The maximum Gasteiger partial charge on any atom is 0.227 e. The third-order valence-electron chi connectivity index (χ3n) is 2.14. The molecule has 1 saturated heterocycles. The maximum absolute atomic E-state index is 11.2. The van der Waals surface area contributed by atoms with Gasteiger partial charge in [-0.2, -0.15) is 0 Å². The quantitative estimate of drug-likeness (QED) is 0.690. The van der Waals surface area contributed by atoms with E-state index in [4.69, 9.17) is 5.73 Å². The smallest absolute Gasteiger partial charge is 0.227 e. The van der Waals surface area contributed by atoms with Crippen LogP contribution in [0.2, 0.25) is 0 Å². The van der Waals surface area contributed by atoms with E-state index in [1.165, 1.54) is 0 Å². The highest BCUT2D eigenvalue weighted by molar-refractivity contribution is 5.82. The number of hydrogen-bond donors (Lipinski definition) is 1. The van der Waals surface area contributed by atoms with Crippen molar-refractivity contribution in [3.05, 3.63) is 23.4 Å². The summed E-state index contributed by atoms with van der Waals surface area (Å²) >= 11 is 0. The van der Waals surface area contributed by atoms with Crippen molar-refractivity contribution in [3.8, 4) is 0 Å². The minimum Gasteiger partial charge on any atom is -0.404 e. The molecule has 1 aliphatic rings. The van der Waals surface area contributed by atoms with Crippen LogP contribution in [-0.2, 0) is 4.79 Å². The fourth-order valence-electron chi connectivity index (χ4n) is 1.30. The molecule has 1 fully saturated rings. The lowest BCUT2D eigenvalue weighted by atomic mass is 9.98. The third-order valence-corrected chi connectivity index (χ3v) is 2.14. The Kier molecular flexibility index (Phi) is 11.0. The van der Waals surface area contributed by atoms with Crippen LogP contribution >= 0.6 is 0 Å². The summed E-state index contributed by atoms with van der Waals surface area (Å²) in [4.78, 5) is 12.9. The number of amides is 1. The molecule has 94 valence electrons. The number of nitrogens with zero attached hydrogens (tertiary/aromatic N) is 1. The van der Waals surface area contributed by atoms with E-state index >= 15 is 0 Å². The highest BCUT2D eigenvalue weighted by Crippen LogP contribution is 2.20. The first-order valence-electron chi connectivity index (χ1n) is 5.99. The van der Waals surface area contributed by atoms with Gasteiger partial charge in [-0.15, -0.1) is 0 Å². The highest BCUT2D eigenvalue weighted by atomic mass is 16.2. The molecule has 0 bridgehead atoms. The number of hydrogen-bond acceptors (Lipinski definition) is 2. The fraction of sp³-hybridized carbons (Fsp3) is 0.615. The summed E-state index contributed by atoms with van der Waals surface area (Å²) in [5.41, 5.74) is 7.55. The second-order valence-corrected chi connectivity index (χ2v) is 2.93. The lowest BCUT2D eigenvalue weighted by Crippen LogP contribution is -2.34. The predicted octanol–water partition coefficient (Wildman–Crippen LogP) is 2.69. The first-order chi connectivity index (χ1) is 7.69. The van der Waals surface area contributed by atoms with Gasteiger partial charge >= 0.3 is 0 Å². The summed E-state index contributed by atoms with van der Waals surface area (Å²) in [7, 11) is 1.79. The first-order valence-corrected chi connectivity index (χ1v) is 5.99. The summed E-state index contributed by atoms with van der Waals surface area (Å²) in [5.74, 6) is 0.161. The van der Waals surface area contributed by atoms with Crippen LogP contribution < -0.4 is 5.73 Å². The van der Waals surface area contributed by atoms with Gasteiger partial charge in [0.15, 0.2) is 0 Å². The molecule has 0 aliphatic carbocycles. The molecular weight excluding hydrogens is 200 g/mol. The maximum atomic E-state index is 11.2. The van der Waals surface area contributed by atoms with Crippen LogP contribution in [0.1, 0.15) is 41.0 Å². The van der Waals surface area contributed by atoms with E-state index in [-0.39, 0.29) is 5.91 Å². The molecule has 0 unspecified atom stereocenters. The van der Waals surface area contributed by atoms with E-state index in [1.807, 2.05) is 40.7 Å². The zero-order chi connectivity index (χ0) is 13.1. The van der Waals surface area contributed by atoms with Crippen molar-refractivity contribution in [2.24, 2.45) is 5.73 Å². The van der Waals surface area contributed by atoms with E-state index in [0.717, 1.165) is 11.1 Å². The van der Waals surface area contributed by atoms with Gasteiger partial charge in [0.05, 0.1) is 6.42 Å². The summed E-state index contributed by atoms with van der Waals surface area (Å²) < 4.78 is 0.